The predicted molar refractivity (Wildman–Crippen MR) is 77.9 cm³/mol. The highest BCUT2D eigenvalue weighted by Gasteiger charge is 2.27. The van der Waals surface area contributed by atoms with Gasteiger partial charge in [0.05, 0.1) is 12.2 Å². The molecule has 98 valence electrons. The summed E-state index contributed by atoms with van der Waals surface area (Å²) in [5.41, 5.74) is 2.50. The van der Waals surface area contributed by atoms with E-state index >= 15 is 0 Å². The first-order valence-corrected chi connectivity index (χ1v) is 6.76. The number of hydrogen-bond donors (Lipinski definition) is 0. The molecule has 0 radical (unpaired) electrons. The minimum atomic E-state index is 0.554. The zero-order valence-corrected chi connectivity index (χ0v) is 11.2. The Morgan fingerprint density at radius 1 is 1.26 bits per heavy atom. The first-order valence-electron chi connectivity index (χ1n) is 6.76. The highest BCUT2D eigenvalue weighted by atomic mass is 15.4. The average molecular weight is 253 g/mol. The number of rotatable bonds is 4. The Bertz CT molecular complexity index is 550. The highest BCUT2D eigenvalue weighted by Crippen LogP contribution is 2.20. The molecular formula is C16H19N3. The molecule has 0 spiro atoms. The fourth-order valence-corrected chi connectivity index (χ4v) is 2.39. The van der Waals surface area contributed by atoms with Crippen molar-refractivity contribution in [2.24, 2.45) is 0 Å². The topological polar surface area (TPSA) is 21.1 Å². The van der Waals surface area contributed by atoms with Gasteiger partial charge in [-0.1, -0.05) is 42.5 Å². The van der Waals surface area contributed by atoms with E-state index in [0.717, 1.165) is 19.6 Å². The molecule has 0 atom stereocenters. The van der Waals surface area contributed by atoms with Crippen LogP contribution in [0, 0.1) is 6.92 Å². The van der Waals surface area contributed by atoms with Crippen LogP contribution in [0.5, 0.6) is 0 Å². The lowest BCUT2D eigenvalue weighted by atomic mass is 10.1. The van der Waals surface area contributed by atoms with E-state index in [9.17, 15) is 0 Å². The van der Waals surface area contributed by atoms with Crippen molar-refractivity contribution in [3.63, 3.8) is 0 Å². The molecule has 0 aliphatic carbocycles. The second kappa shape index (κ2) is 5.41. The number of benzene rings is 1. The van der Waals surface area contributed by atoms with E-state index in [4.69, 9.17) is 0 Å². The van der Waals surface area contributed by atoms with E-state index in [2.05, 4.69) is 64.2 Å². The van der Waals surface area contributed by atoms with Gasteiger partial charge in [-0.15, -0.1) is 0 Å². The van der Waals surface area contributed by atoms with Gasteiger partial charge in [-0.25, -0.2) is 0 Å². The van der Waals surface area contributed by atoms with E-state index in [1.807, 2.05) is 12.3 Å². The van der Waals surface area contributed by atoms with Crippen LogP contribution in [0.25, 0.3) is 6.08 Å². The van der Waals surface area contributed by atoms with Crippen molar-refractivity contribution in [1.82, 2.24) is 14.7 Å². The zero-order chi connectivity index (χ0) is 13.1. The summed E-state index contributed by atoms with van der Waals surface area (Å²) in [6.07, 6.45) is 8.48. The summed E-state index contributed by atoms with van der Waals surface area (Å²) in [6.45, 7) is 5.30. The van der Waals surface area contributed by atoms with Gasteiger partial charge in [0, 0.05) is 25.8 Å². The maximum absolute atomic E-state index is 4.37. The van der Waals surface area contributed by atoms with Gasteiger partial charge >= 0.3 is 0 Å². The van der Waals surface area contributed by atoms with Crippen LogP contribution in [-0.2, 0) is 0 Å². The van der Waals surface area contributed by atoms with Crippen LogP contribution in [0.1, 0.15) is 17.2 Å². The Hall–Kier alpha value is -1.87. The van der Waals surface area contributed by atoms with Crippen molar-refractivity contribution in [1.29, 1.82) is 0 Å². The molecule has 3 rings (SSSR count). The number of aryl methyl sites for hydroxylation is 1. The van der Waals surface area contributed by atoms with Gasteiger partial charge in [0.2, 0.25) is 0 Å². The molecule has 19 heavy (non-hydrogen) atoms. The van der Waals surface area contributed by atoms with Gasteiger partial charge in [0.1, 0.15) is 0 Å². The monoisotopic (exact) mass is 253 g/mol. The van der Waals surface area contributed by atoms with Crippen molar-refractivity contribution >= 4 is 6.08 Å². The fraction of sp³-hybridized carbons (Fsp3) is 0.312. The van der Waals surface area contributed by atoms with E-state index in [0.29, 0.717) is 6.04 Å². The van der Waals surface area contributed by atoms with Gasteiger partial charge in [-0.2, -0.15) is 5.10 Å². The van der Waals surface area contributed by atoms with Crippen LogP contribution < -0.4 is 0 Å². The minimum absolute atomic E-state index is 0.554. The van der Waals surface area contributed by atoms with Crippen molar-refractivity contribution in [3.8, 4) is 0 Å². The van der Waals surface area contributed by atoms with Crippen LogP contribution in [0.4, 0.5) is 0 Å². The molecule has 1 saturated heterocycles. The van der Waals surface area contributed by atoms with Crippen LogP contribution in [0.2, 0.25) is 0 Å². The SMILES string of the molecule is Cc1cnn(C2CN(CC=Cc3ccccc3)C2)c1. The van der Waals surface area contributed by atoms with Gasteiger partial charge < -0.3 is 0 Å². The van der Waals surface area contributed by atoms with Crippen molar-refractivity contribution in [2.75, 3.05) is 19.6 Å². The Labute approximate surface area is 114 Å². The Morgan fingerprint density at radius 3 is 2.74 bits per heavy atom. The Balaban J connectivity index is 1.46. The standard InChI is InChI=1S/C16H19N3/c1-14-10-17-19(11-14)16-12-18(13-16)9-5-8-15-6-3-2-4-7-15/h2-8,10-11,16H,9,12-13H2,1H3. The fourth-order valence-electron chi connectivity index (χ4n) is 2.39. The summed E-state index contributed by atoms with van der Waals surface area (Å²) in [7, 11) is 0. The smallest absolute Gasteiger partial charge is 0.0773 e. The van der Waals surface area contributed by atoms with E-state index in [-0.39, 0.29) is 0 Å². The van der Waals surface area contributed by atoms with Crippen molar-refractivity contribution < 1.29 is 0 Å². The lowest BCUT2D eigenvalue weighted by Crippen LogP contribution is -2.47. The molecule has 2 heterocycles. The summed E-state index contributed by atoms with van der Waals surface area (Å²) < 4.78 is 2.09. The average Bonchev–Trinajstić information content (AvgIpc) is 2.79. The number of nitrogens with zero attached hydrogens (tertiary/aromatic N) is 3. The quantitative estimate of drug-likeness (QED) is 0.835. The van der Waals surface area contributed by atoms with Crippen LogP contribution in [0.3, 0.4) is 0 Å². The Morgan fingerprint density at radius 2 is 2.05 bits per heavy atom. The lowest BCUT2D eigenvalue weighted by molar-refractivity contribution is 0.113. The summed E-state index contributed by atoms with van der Waals surface area (Å²) >= 11 is 0. The van der Waals surface area contributed by atoms with Crippen LogP contribution in [0.15, 0.2) is 48.8 Å². The van der Waals surface area contributed by atoms with Gasteiger partial charge in [-0.3, -0.25) is 9.58 Å². The molecule has 1 aliphatic heterocycles. The molecule has 3 nitrogen and oxygen atoms in total. The third kappa shape index (κ3) is 2.93. The number of hydrogen-bond acceptors (Lipinski definition) is 2. The third-order valence-electron chi connectivity index (χ3n) is 3.52. The molecule has 2 aromatic rings. The maximum atomic E-state index is 4.37. The molecule has 0 N–H and O–H groups in total. The lowest BCUT2D eigenvalue weighted by Gasteiger charge is -2.38. The van der Waals surface area contributed by atoms with Crippen LogP contribution >= 0.6 is 0 Å². The summed E-state index contributed by atoms with van der Waals surface area (Å²) in [5, 5.41) is 4.37. The van der Waals surface area contributed by atoms with Crippen LogP contribution in [-0.4, -0.2) is 34.3 Å². The summed E-state index contributed by atoms with van der Waals surface area (Å²) in [5.74, 6) is 0. The molecule has 1 aromatic carbocycles. The molecule has 1 aromatic heterocycles. The largest absolute Gasteiger partial charge is 0.295 e. The third-order valence-corrected chi connectivity index (χ3v) is 3.52. The van der Waals surface area contributed by atoms with Gasteiger partial charge in [0.25, 0.3) is 0 Å². The summed E-state index contributed by atoms with van der Waals surface area (Å²) in [6, 6.07) is 11.0. The van der Waals surface area contributed by atoms with Crippen molar-refractivity contribution in [3.05, 3.63) is 59.9 Å². The molecule has 1 fully saturated rings. The van der Waals surface area contributed by atoms with E-state index in [1.165, 1.54) is 11.1 Å². The zero-order valence-electron chi connectivity index (χ0n) is 11.2. The molecular weight excluding hydrogens is 234 g/mol. The molecule has 1 aliphatic rings. The summed E-state index contributed by atoms with van der Waals surface area (Å²) in [4.78, 5) is 2.43. The minimum Gasteiger partial charge on any atom is -0.295 e. The highest BCUT2D eigenvalue weighted by molar-refractivity contribution is 5.48. The van der Waals surface area contributed by atoms with E-state index in [1.54, 1.807) is 0 Å². The maximum Gasteiger partial charge on any atom is 0.0773 e. The molecule has 0 unspecified atom stereocenters. The Kier molecular flexibility index (Phi) is 3.47. The number of aromatic nitrogens is 2. The van der Waals surface area contributed by atoms with Crippen molar-refractivity contribution in [2.45, 2.75) is 13.0 Å². The molecule has 3 heteroatoms. The molecule has 0 saturated carbocycles. The molecule has 0 amide bonds. The van der Waals surface area contributed by atoms with E-state index < -0.39 is 0 Å². The molecule has 0 bridgehead atoms. The first kappa shape index (κ1) is 12.2. The predicted octanol–water partition coefficient (Wildman–Crippen LogP) is 2.76. The second-order valence-corrected chi connectivity index (χ2v) is 5.18. The normalized spacial score (nSPS) is 16.9. The van der Waals surface area contributed by atoms with Gasteiger partial charge in [0.15, 0.2) is 0 Å². The van der Waals surface area contributed by atoms with Gasteiger partial charge in [-0.05, 0) is 18.1 Å². The first-order chi connectivity index (χ1) is 9.31. The number of likely N-dealkylation sites (tertiary alicyclic amines) is 1. The second-order valence-electron chi connectivity index (χ2n) is 5.18.